The van der Waals surface area contributed by atoms with Crippen molar-refractivity contribution in [3.05, 3.63) is 83.7 Å². The fourth-order valence-corrected chi connectivity index (χ4v) is 4.92. The van der Waals surface area contributed by atoms with Crippen molar-refractivity contribution in [3.8, 4) is 11.1 Å². The lowest BCUT2D eigenvalue weighted by atomic mass is 9.73. The van der Waals surface area contributed by atoms with Gasteiger partial charge in [0.05, 0.1) is 5.56 Å². The van der Waals surface area contributed by atoms with Crippen LogP contribution in [0.3, 0.4) is 0 Å². The number of halogens is 4. The van der Waals surface area contributed by atoms with Crippen molar-refractivity contribution in [2.24, 2.45) is 5.92 Å². The van der Waals surface area contributed by atoms with Gasteiger partial charge in [0.1, 0.15) is 11.4 Å². The van der Waals surface area contributed by atoms with Crippen molar-refractivity contribution in [3.63, 3.8) is 0 Å². The van der Waals surface area contributed by atoms with Gasteiger partial charge in [0.2, 0.25) is 0 Å². The molecule has 1 saturated carbocycles. The summed E-state index contributed by atoms with van der Waals surface area (Å²) >= 11 is 0. The summed E-state index contributed by atoms with van der Waals surface area (Å²) in [6.45, 7) is 0. The molecule has 1 fully saturated rings. The highest BCUT2D eigenvalue weighted by atomic mass is 19.4. The number of aliphatic hydroxyl groups is 1. The van der Waals surface area contributed by atoms with Crippen LogP contribution < -0.4 is 11.1 Å². The second kappa shape index (κ2) is 10.3. The summed E-state index contributed by atoms with van der Waals surface area (Å²) in [5.74, 6) is -1.45. The van der Waals surface area contributed by atoms with Gasteiger partial charge in [-0.2, -0.15) is 13.2 Å². The van der Waals surface area contributed by atoms with Crippen LogP contribution in [-0.4, -0.2) is 16.6 Å². The zero-order valence-corrected chi connectivity index (χ0v) is 19.6. The molecular weight excluding hydrogens is 472 g/mol. The Morgan fingerprint density at radius 2 is 1.64 bits per heavy atom. The number of nitrogens with one attached hydrogen (secondary N) is 1. The van der Waals surface area contributed by atoms with E-state index in [2.05, 4.69) is 5.32 Å². The Balaban J connectivity index is 1.64. The average Bonchev–Trinajstić information content (AvgIpc) is 2.85. The number of benzene rings is 3. The molecule has 4 rings (SSSR count). The highest BCUT2D eigenvalue weighted by molar-refractivity contribution is 5.98. The Morgan fingerprint density at radius 3 is 2.31 bits per heavy atom. The summed E-state index contributed by atoms with van der Waals surface area (Å²) in [5.41, 5.74) is 4.34. The molecule has 1 atom stereocenters. The van der Waals surface area contributed by atoms with Crippen LogP contribution in [0, 0.1) is 11.7 Å². The van der Waals surface area contributed by atoms with Crippen LogP contribution in [0.25, 0.3) is 11.1 Å². The lowest BCUT2D eigenvalue weighted by Crippen LogP contribution is -2.51. The Bertz CT molecular complexity index is 1220. The number of rotatable bonds is 6. The summed E-state index contributed by atoms with van der Waals surface area (Å²) in [6, 6.07) is 16.4. The number of hydrogen-bond acceptors (Lipinski definition) is 3. The van der Waals surface area contributed by atoms with E-state index in [4.69, 9.17) is 5.73 Å². The maximum Gasteiger partial charge on any atom is 0.418 e. The number of carbonyl (C=O) groups excluding carboxylic acids is 1. The molecule has 0 bridgehead atoms. The molecule has 1 amide bonds. The predicted molar refractivity (Wildman–Crippen MR) is 132 cm³/mol. The molecule has 3 aromatic carbocycles. The number of amides is 1. The third-order valence-electron chi connectivity index (χ3n) is 6.87. The van der Waals surface area contributed by atoms with Crippen molar-refractivity contribution in [1.29, 1.82) is 0 Å². The molecule has 3 aromatic rings. The van der Waals surface area contributed by atoms with Crippen molar-refractivity contribution in [1.82, 2.24) is 0 Å². The topological polar surface area (TPSA) is 75.3 Å². The first kappa shape index (κ1) is 25.7. The van der Waals surface area contributed by atoms with Crippen LogP contribution in [0.4, 0.5) is 28.9 Å². The van der Waals surface area contributed by atoms with E-state index in [9.17, 15) is 27.5 Å². The fourth-order valence-electron chi connectivity index (χ4n) is 4.92. The summed E-state index contributed by atoms with van der Waals surface area (Å²) < 4.78 is 53.3. The zero-order chi connectivity index (χ0) is 25.9. The fraction of sp³-hybridized carbons (Fsp3) is 0.321. The predicted octanol–water partition coefficient (Wildman–Crippen LogP) is 6.59. The van der Waals surface area contributed by atoms with Gasteiger partial charge in [-0.1, -0.05) is 55.7 Å². The molecule has 8 heteroatoms. The Labute approximate surface area is 207 Å². The van der Waals surface area contributed by atoms with E-state index in [1.54, 1.807) is 24.3 Å². The van der Waals surface area contributed by atoms with Crippen LogP contribution in [0.5, 0.6) is 0 Å². The zero-order valence-electron chi connectivity index (χ0n) is 19.6. The number of carbonyl (C=O) groups is 1. The van der Waals surface area contributed by atoms with Crippen molar-refractivity contribution >= 4 is 17.3 Å². The van der Waals surface area contributed by atoms with Gasteiger partial charge in [-0.3, -0.25) is 4.79 Å². The quantitative estimate of drug-likeness (QED) is 0.264. The number of anilines is 2. The van der Waals surface area contributed by atoms with Gasteiger partial charge in [-0.05, 0) is 65.8 Å². The maximum atomic E-state index is 13.5. The van der Waals surface area contributed by atoms with E-state index in [1.165, 1.54) is 18.2 Å². The monoisotopic (exact) mass is 500 g/mol. The SMILES string of the molecule is Nc1ccc(NC(=O)C(O)(Cc2cccc(-c3ccc(F)cc3)c2)C2CCCCC2)cc1C(F)(F)F. The third kappa shape index (κ3) is 5.70. The van der Waals surface area contributed by atoms with Crippen LogP contribution >= 0.6 is 0 Å². The maximum absolute atomic E-state index is 13.5. The molecule has 190 valence electrons. The molecule has 0 aliphatic heterocycles. The molecule has 1 aliphatic carbocycles. The van der Waals surface area contributed by atoms with E-state index in [-0.39, 0.29) is 23.8 Å². The summed E-state index contributed by atoms with van der Waals surface area (Å²) in [7, 11) is 0. The van der Waals surface area contributed by atoms with Gasteiger partial charge in [-0.25, -0.2) is 4.39 Å². The molecule has 0 saturated heterocycles. The van der Waals surface area contributed by atoms with E-state index in [0.717, 1.165) is 42.5 Å². The van der Waals surface area contributed by atoms with Gasteiger partial charge in [-0.15, -0.1) is 0 Å². The minimum atomic E-state index is -4.68. The molecule has 4 N–H and O–H groups in total. The largest absolute Gasteiger partial charge is 0.418 e. The first-order valence-electron chi connectivity index (χ1n) is 11.9. The minimum absolute atomic E-state index is 0.0143. The van der Waals surface area contributed by atoms with Gasteiger partial charge < -0.3 is 16.2 Å². The third-order valence-corrected chi connectivity index (χ3v) is 6.87. The van der Waals surface area contributed by atoms with E-state index >= 15 is 0 Å². The average molecular weight is 501 g/mol. The first-order chi connectivity index (χ1) is 17.1. The van der Waals surface area contributed by atoms with Crippen molar-refractivity contribution in [2.45, 2.75) is 50.3 Å². The molecule has 1 unspecified atom stereocenters. The van der Waals surface area contributed by atoms with Gasteiger partial charge in [0.25, 0.3) is 5.91 Å². The summed E-state index contributed by atoms with van der Waals surface area (Å²) in [6.07, 6.45) is -0.702. The Kier molecular flexibility index (Phi) is 7.36. The summed E-state index contributed by atoms with van der Waals surface area (Å²) in [5, 5.41) is 14.3. The molecule has 36 heavy (non-hydrogen) atoms. The van der Waals surface area contributed by atoms with E-state index in [1.807, 2.05) is 12.1 Å². The lowest BCUT2D eigenvalue weighted by molar-refractivity contribution is -0.142. The summed E-state index contributed by atoms with van der Waals surface area (Å²) in [4.78, 5) is 13.5. The highest BCUT2D eigenvalue weighted by Crippen LogP contribution is 2.38. The van der Waals surface area contributed by atoms with Crippen LogP contribution in [0.1, 0.15) is 43.2 Å². The molecule has 0 heterocycles. The van der Waals surface area contributed by atoms with Crippen molar-refractivity contribution in [2.75, 3.05) is 11.1 Å². The highest BCUT2D eigenvalue weighted by Gasteiger charge is 2.44. The number of nitrogens with two attached hydrogens (primary N) is 1. The minimum Gasteiger partial charge on any atom is -0.398 e. The Hall–Kier alpha value is -3.39. The molecule has 1 aliphatic rings. The molecule has 0 spiro atoms. The first-order valence-corrected chi connectivity index (χ1v) is 11.9. The van der Waals surface area contributed by atoms with Gasteiger partial charge in [0, 0.05) is 17.8 Å². The van der Waals surface area contributed by atoms with Crippen molar-refractivity contribution < 1.29 is 27.5 Å². The smallest absolute Gasteiger partial charge is 0.398 e. The standard InChI is InChI=1S/C28H28F4N2O2/c29-22-11-9-19(10-12-22)20-6-4-5-18(15-20)17-27(36,21-7-2-1-3-8-21)26(35)34-23-13-14-25(33)24(16-23)28(30,31)32/h4-6,9-16,21,36H,1-3,7-8,17,33H2,(H,34,35). The van der Waals surface area contributed by atoms with E-state index in [0.29, 0.717) is 18.4 Å². The molecular formula is C28H28F4N2O2. The molecule has 0 aromatic heterocycles. The molecule has 4 nitrogen and oxygen atoms in total. The van der Waals surface area contributed by atoms with Gasteiger partial charge in [0.15, 0.2) is 0 Å². The van der Waals surface area contributed by atoms with Crippen LogP contribution in [0.15, 0.2) is 66.7 Å². The van der Waals surface area contributed by atoms with E-state index < -0.39 is 28.9 Å². The van der Waals surface area contributed by atoms with Crippen LogP contribution in [-0.2, 0) is 17.4 Å². The second-order valence-corrected chi connectivity index (χ2v) is 9.40. The second-order valence-electron chi connectivity index (χ2n) is 9.40. The normalized spacial score (nSPS) is 16.4. The number of nitrogen functional groups attached to an aromatic ring is 1. The van der Waals surface area contributed by atoms with Crippen LogP contribution in [0.2, 0.25) is 0 Å². The number of hydrogen-bond donors (Lipinski definition) is 3. The molecule has 0 radical (unpaired) electrons. The van der Waals surface area contributed by atoms with Gasteiger partial charge >= 0.3 is 6.18 Å². The Morgan fingerprint density at radius 1 is 0.944 bits per heavy atom. The lowest BCUT2D eigenvalue weighted by Gasteiger charge is -2.37. The number of alkyl halides is 3.